The molecule has 0 aromatic carbocycles. The summed E-state index contributed by atoms with van der Waals surface area (Å²) >= 11 is 0. The number of nitrogens with zero attached hydrogens (tertiary/aromatic N) is 1. The molecule has 0 saturated carbocycles. The normalized spacial score (nSPS) is 12.4. The first kappa shape index (κ1) is 11.6. The molecule has 17 heavy (non-hydrogen) atoms. The van der Waals surface area contributed by atoms with Crippen molar-refractivity contribution in [1.82, 2.24) is 4.98 Å². The van der Waals surface area contributed by atoms with E-state index in [1.54, 1.807) is 18.5 Å². The molecule has 3 heteroatoms. The number of furan rings is 1. The van der Waals surface area contributed by atoms with E-state index in [1.807, 2.05) is 32.9 Å². The Kier molecular flexibility index (Phi) is 3.09. The van der Waals surface area contributed by atoms with Gasteiger partial charge >= 0.3 is 0 Å². The predicted octanol–water partition coefficient (Wildman–Crippen LogP) is 3.28. The summed E-state index contributed by atoms with van der Waals surface area (Å²) in [6.07, 6.45) is 3.40. The molecule has 0 spiro atoms. The Bertz CT molecular complexity index is 528. The molecule has 0 saturated heterocycles. The minimum Gasteiger partial charge on any atom is -0.466 e. The Morgan fingerprint density at radius 3 is 2.47 bits per heavy atom. The highest BCUT2D eigenvalue weighted by atomic mass is 16.3. The molecule has 3 nitrogen and oxygen atoms in total. The van der Waals surface area contributed by atoms with Crippen LogP contribution in [0.5, 0.6) is 0 Å². The third-order valence-corrected chi connectivity index (χ3v) is 2.91. The molecule has 0 N–H and O–H groups in total. The molecule has 0 aliphatic heterocycles. The molecule has 2 heterocycles. The molecular formula is C14H15NO2. The minimum atomic E-state index is -0.173. The van der Waals surface area contributed by atoms with Gasteiger partial charge in [0.2, 0.25) is 0 Å². The Morgan fingerprint density at radius 2 is 1.94 bits per heavy atom. The van der Waals surface area contributed by atoms with Crippen LogP contribution in [0, 0.1) is 13.8 Å². The van der Waals surface area contributed by atoms with Crippen LogP contribution in [0.2, 0.25) is 0 Å². The molecule has 2 aromatic heterocycles. The molecule has 0 aliphatic carbocycles. The molecule has 0 fully saturated rings. The number of carbonyl (C=O) groups is 1. The highest BCUT2D eigenvalue weighted by Crippen LogP contribution is 2.23. The topological polar surface area (TPSA) is 43.1 Å². The van der Waals surface area contributed by atoms with Crippen LogP contribution in [0.3, 0.4) is 0 Å². The van der Waals surface area contributed by atoms with Crippen LogP contribution in [0.15, 0.2) is 35.0 Å². The fourth-order valence-electron chi connectivity index (χ4n) is 1.91. The van der Waals surface area contributed by atoms with Crippen molar-refractivity contribution < 1.29 is 9.21 Å². The molecule has 0 bridgehead atoms. The zero-order chi connectivity index (χ0) is 12.4. The molecule has 0 amide bonds. The third kappa shape index (κ3) is 2.28. The van der Waals surface area contributed by atoms with E-state index in [1.165, 1.54) is 0 Å². The van der Waals surface area contributed by atoms with E-state index in [-0.39, 0.29) is 11.7 Å². The van der Waals surface area contributed by atoms with Crippen molar-refractivity contribution in [2.45, 2.75) is 26.7 Å². The second-order valence-corrected chi connectivity index (χ2v) is 4.19. The maximum absolute atomic E-state index is 12.3. The number of Topliss-reactive ketones (excluding diaryl/α,β-unsaturated/α-hetero) is 1. The maximum Gasteiger partial charge on any atom is 0.173 e. The van der Waals surface area contributed by atoms with Crippen LogP contribution in [0.1, 0.15) is 40.3 Å². The number of hydrogen-bond acceptors (Lipinski definition) is 3. The summed E-state index contributed by atoms with van der Waals surface area (Å²) in [5, 5.41) is 0. The second-order valence-electron chi connectivity index (χ2n) is 4.19. The number of aromatic nitrogens is 1. The van der Waals surface area contributed by atoms with Gasteiger partial charge in [0.1, 0.15) is 11.5 Å². The first-order valence-corrected chi connectivity index (χ1v) is 5.60. The lowest BCUT2D eigenvalue weighted by atomic mass is 9.93. The highest BCUT2D eigenvalue weighted by molar-refractivity contribution is 6.01. The number of carbonyl (C=O) groups excluding carboxylic acids is 1. The lowest BCUT2D eigenvalue weighted by molar-refractivity contribution is 0.0964. The largest absolute Gasteiger partial charge is 0.466 e. The molecule has 0 aliphatic rings. The van der Waals surface area contributed by atoms with Gasteiger partial charge in [-0.1, -0.05) is 6.92 Å². The fraction of sp³-hybridized carbons (Fsp3) is 0.286. The monoisotopic (exact) mass is 229 g/mol. The lowest BCUT2D eigenvalue weighted by Crippen LogP contribution is -2.09. The van der Waals surface area contributed by atoms with Crippen LogP contribution >= 0.6 is 0 Å². The van der Waals surface area contributed by atoms with E-state index in [0.29, 0.717) is 11.3 Å². The van der Waals surface area contributed by atoms with E-state index in [2.05, 4.69) is 4.98 Å². The average molecular weight is 229 g/mol. The molecule has 1 atom stereocenters. The first-order valence-electron chi connectivity index (χ1n) is 5.60. The third-order valence-electron chi connectivity index (χ3n) is 2.91. The Morgan fingerprint density at radius 1 is 1.29 bits per heavy atom. The van der Waals surface area contributed by atoms with Gasteiger partial charge in [-0.15, -0.1) is 0 Å². The van der Waals surface area contributed by atoms with Crippen molar-refractivity contribution in [3.8, 4) is 0 Å². The Hall–Kier alpha value is -1.90. The van der Waals surface area contributed by atoms with Crippen LogP contribution < -0.4 is 0 Å². The predicted molar refractivity (Wildman–Crippen MR) is 65.2 cm³/mol. The van der Waals surface area contributed by atoms with Crippen molar-refractivity contribution in [2.24, 2.45) is 0 Å². The number of rotatable bonds is 3. The summed E-state index contributed by atoms with van der Waals surface area (Å²) in [6, 6.07) is 5.53. The van der Waals surface area contributed by atoms with E-state index in [0.717, 1.165) is 11.3 Å². The van der Waals surface area contributed by atoms with Crippen LogP contribution in [-0.4, -0.2) is 10.8 Å². The zero-order valence-corrected chi connectivity index (χ0v) is 10.2. The van der Waals surface area contributed by atoms with Gasteiger partial charge in [0, 0.05) is 18.3 Å². The van der Waals surface area contributed by atoms with Crippen LogP contribution in [0.4, 0.5) is 0 Å². The molecular weight excluding hydrogens is 214 g/mol. The summed E-state index contributed by atoms with van der Waals surface area (Å²) < 4.78 is 5.39. The SMILES string of the molecule is Cc1cc(C(=O)C(C)c2ccncc2)c(C)o1. The van der Waals surface area contributed by atoms with Gasteiger partial charge in [0.15, 0.2) is 5.78 Å². The van der Waals surface area contributed by atoms with Gasteiger partial charge in [0.25, 0.3) is 0 Å². The van der Waals surface area contributed by atoms with Crippen LogP contribution in [0.25, 0.3) is 0 Å². The van der Waals surface area contributed by atoms with E-state index in [4.69, 9.17) is 4.42 Å². The van der Waals surface area contributed by atoms with Gasteiger partial charge in [-0.2, -0.15) is 0 Å². The van der Waals surface area contributed by atoms with Crippen molar-refractivity contribution in [3.63, 3.8) is 0 Å². The molecule has 2 rings (SSSR count). The summed E-state index contributed by atoms with van der Waals surface area (Å²) in [6.45, 7) is 5.57. The first-order chi connectivity index (χ1) is 8.09. The Balaban J connectivity index is 2.30. The zero-order valence-electron chi connectivity index (χ0n) is 10.2. The van der Waals surface area contributed by atoms with Crippen molar-refractivity contribution in [1.29, 1.82) is 0 Å². The number of ketones is 1. The summed E-state index contributed by atoms with van der Waals surface area (Å²) in [4.78, 5) is 16.3. The molecule has 0 radical (unpaired) electrons. The van der Waals surface area contributed by atoms with Crippen LogP contribution in [-0.2, 0) is 0 Å². The summed E-state index contributed by atoms with van der Waals surface area (Å²) in [5.41, 5.74) is 1.65. The highest BCUT2D eigenvalue weighted by Gasteiger charge is 2.21. The van der Waals surface area contributed by atoms with E-state index >= 15 is 0 Å². The molecule has 88 valence electrons. The second kappa shape index (κ2) is 4.53. The number of hydrogen-bond donors (Lipinski definition) is 0. The fourth-order valence-corrected chi connectivity index (χ4v) is 1.91. The van der Waals surface area contributed by atoms with E-state index < -0.39 is 0 Å². The smallest absolute Gasteiger partial charge is 0.173 e. The summed E-state index contributed by atoms with van der Waals surface area (Å²) in [5.74, 6) is 1.38. The number of pyridine rings is 1. The van der Waals surface area contributed by atoms with Gasteiger partial charge in [-0.3, -0.25) is 9.78 Å². The average Bonchev–Trinajstić information content (AvgIpc) is 2.68. The summed E-state index contributed by atoms with van der Waals surface area (Å²) in [7, 11) is 0. The standard InChI is InChI=1S/C14H15NO2/c1-9-8-13(11(3)17-9)14(16)10(2)12-4-6-15-7-5-12/h4-8,10H,1-3H3. The van der Waals surface area contributed by atoms with Gasteiger partial charge in [0.05, 0.1) is 5.56 Å². The quantitative estimate of drug-likeness (QED) is 0.758. The minimum absolute atomic E-state index is 0.0885. The Labute approximate surface area is 100 Å². The molecule has 2 aromatic rings. The van der Waals surface area contributed by atoms with Gasteiger partial charge in [-0.25, -0.2) is 0 Å². The lowest BCUT2D eigenvalue weighted by Gasteiger charge is -2.09. The number of aryl methyl sites for hydroxylation is 2. The van der Waals surface area contributed by atoms with E-state index in [9.17, 15) is 4.79 Å². The van der Waals surface area contributed by atoms with Gasteiger partial charge < -0.3 is 4.42 Å². The van der Waals surface area contributed by atoms with Crippen molar-refractivity contribution >= 4 is 5.78 Å². The van der Waals surface area contributed by atoms with Gasteiger partial charge in [-0.05, 0) is 37.6 Å². The van der Waals surface area contributed by atoms with Crippen molar-refractivity contribution in [2.75, 3.05) is 0 Å². The van der Waals surface area contributed by atoms with Crippen molar-refractivity contribution in [3.05, 3.63) is 53.2 Å². The molecule has 1 unspecified atom stereocenters. The maximum atomic E-state index is 12.3.